The monoisotopic (exact) mass is 254 g/mol. The fourth-order valence-corrected chi connectivity index (χ4v) is 2.51. The zero-order valence-corrected chi connectivity index (χ0v) is 10.8. The van der Waals surface area contributed by atoms with Crippen molar-refractivity contribution in [1.29, 1.82) is 0 Å². The van der Waals surface area contributed by atoms with Crippen LogP contribution >= 0.6 is 0 Å². The highest BCUT2D eigenvalue weighted by atomic mass is 16.5. The molecule has 1 aliphatic heterocycles. The molecule has 0 spiro atoms. The van der Waals surface area contributed by atoms with Crippen LogP contribution in [0.5, 0.6) is 11.5 Å². The van der Waals surface area contributed by atoms with Gasteiger partial charge in [-0.05, 0) is 43.2 Å². The van der Waals surface area contributed by atoms with E-state index in [4.69, 9.17) is 4.74 Å². The highest BCUT2D eigenvalue weighted by molar-refractivity contribution is 5.90. The summed E-state index contributed by atoms with van der Waals surface area (Å²) in [5, 5.41) is 9.60. The summed E-state index contributed by atoms with van der Waals surface area (Å²) in [7, 11) is 0. The fourth-order valence-electron chi connectivity index (χ4n) is 2.51. The minimum absolute atomic E-state index is 0.146. The molecule has 3 nitrogen and oxygen atoms in total. The lowest BCUT2D eigenvalue weighted by Gasteiger charge is -2.12. The summed E-state index contributed by atoms with van der Waals surface area (Å²) in [6.07, 6.45) is 0. The van der Waals surface area contributed by atoms with Gasteiger partial charge in [0.2, 0.25) is 0 Å². The number of hydrogen-bond donors (Lipinski definition) is 1. The summed E-state index contributed by atoms with van der Waals surface area (Å²) in [6, 6.07) is 10.8. The Morgan fingerprint density at radius 3 is 2.63 bits per heavy atom. The topological polar surface area (TPSA) is 46.5 Å². The van der Waals surface area contributed by atoms with E-state index in [0.29, 0.717) is 5.75 Å². The van der Waals surface area contributed by atoms with E-state index in [1.165, 1.54) is 6.07 Å². The number of aromatic hydroxyl groups is 1. The molecule has 1 atom stereocenters. The largest absolute Gasteiger partial charge is 0.508 e. The zero-order chi connectivity index (χ0) is 13.6. The maximum absolute atomic E-state index is 12.1. The van der Waals surface area contributed by atoms with E-state index in [1.807, 2.05) is 32.0 Å². The van der Waals surface area contributed by atoms with Gasteiger partial charge in [-0.1, -0.05) is 23.8 Å². The van der Waals surface area contributed by atoms with Crippen LogP contribution in [0.3, 0.4) is 0 Å². The number of phenolic OH excluding ortho intramolecular Hbond substituents is 1. The van der Waals surface area contributed by atoms with Crippen LogP contribution in [0.15, 0.2) is 36.4 Å². The molecule has 3 rings (SSSR count). The van der Waals surface area contributed by atoms with Crippen molar-refractivity contribution in [2.45, 2.75) is 19.8 Å². The third kappa shape index (κ3) is 1.87. The normalized spacial score (nSPS) is 17.2. The number of benzene rings is 2. The Hall–Kier alpha value is -2.29. The molecule has 0 amide bonds. The Kier molecular flexibility index (Phi) is 2.56. The second kappa shape index (κ2) is 4.12. The van der Waals surface area contributed by atoms with Crippen molar-refractivity contribution in [2.24, 2.45) is 0 Å². The predicted octanol–water partition coefficient (Wildman–Crippen LogP) is 3.06. The van der Waals surface area contributed by atoms with E-state index in [2.05, 4.69) is 0 Å². The Bertz CT molecular complexity index is 674. The smallest absolute Gasteiger partial charge is 0.323 e. The summed E-state index contributed by atoms with van der Waals surface area (Å²) in [6.45, 7) is 3.97. The number of ether oxygens (including phenoxy) is 1. The maximum Gasteiger partial charge on any atom is 0.323 e. The molecule has 19 heavy (non-hydrogen) atoms. The number of fused-ring (bicyclic) bond motifs is 1. The van der Waals surface area contributed by atoms with Gasteiger partial charge in [0, 0.05) is 5.56 Å². The van der Waals surface area contributed by atoms with Gasteiger partial charge in [0.05, 0.1) is 0 Å². The van der Waals surface area contributed by atoms with Gasteiger partial charge in [0.15, 0.2) is 0 Å². The number of carbonyl (C=O) groups excluding carboxylic acids is 1. The van der Waals surface area contributed by atoms with Gasteiger partial charge in [0.1, 0.15) is 17.4 Å². The zero-order valence-electron chi connectivity index (χ0n) is 10.8. The van der Waals surface area contributed by atoms with E-state index in [9.17, 15) is 9.90 Å². The van der Waals surface area contributed by atoms with Crippen LogP contribution in [-0.2, 0) is 4.79 Å². The van der Waals surface area contributed by atoms with E-state index >= 15 is 0 Å². The molecule has 0 fully saturated rings. The van der Waals surface area contributed by atoms with E-state index in [-0.39, 0.29) is 11.7 Å². The lowest BCUT2D eigenvalue weighted by atomic mass is 9.88. The molecule has 1 aliphatic rings. The molecule has 0 bridgehead atoms. The standard InChI is InChI=1S/C16H14O3/c1-9-3-4-10(2)12(7-9)15-13-8-11(17)5-6-14(13)19-16(15)18/h3-8,15,17H,1-2H3. The fraction of sp³-hybridized carbons (Fsp3) is 0.188. The minimum atomic E-state index is -0.443. The van der Waals surface area contributed by atoms with Crippen LogP contribution in [0.25, 0.3) is 0 Å². The number of hydrogen-bond acceptors (Lipinski definition) is 3. The number of aryl methyl sites for hydroxylation is 2. The van der Waals surface area contributed by atoms with Gasteiger partial charge >= 0.3 is 5.97 Å². The molecule has 3 heteroatoms. The van der Waals surface area contributed by atoms with Crippen LogP contribution in [0.2, 0.25) is 0 Å². The highest BCUT2D eigenvalue weighted by Gasteiger charge is 2.35. The molecule has 2 aromatic carbocycles. The summed E-state index contributed by atoms with van der Waals surface area (Å²) >= 11 is 0. The second-order valence-electron chi connectivity index (χ2n) is 4.94. The van der Waals surface area contributed by atoms with Crippen LogP contribution in [-0.4, -0.2) is 11.1 Å². The molecule has 0 saturated carbocycles. The highest BCUT2D eigenvalue weighted by Crippen LogP contribution is 2.41. The molecule has 1 unspecified atom stereocenters. The summed E-state index contributed by atoms with van der Waals surface area (Å²) in [4.78, 5) is 12.1. The Balaban J connectivity index is 2.19. The van der Waals surface area contributed by atoms with Gasteiger partial charge < -0.3 is 9.84 Å². The lowest BCUT2D eigenvalue weighted by molar-refractivity contribution is -0.133. The quantitative estimate of drug-likeness (QED) is 0.628. The molecular weight excluding hydrogens is 240 g/mol. The van der Waals surface area contributed by atoms with Crippen molar-refractivity contribution in [3.8, 4) is 11.5 Å². The van der Waals surface area contributed by atoms with E-state index in [0.717, 1.165) is 22.3 Å². The Morgan fingerprint density at radius 1 is 1.05 bits per heavy atom. The molecule has 0 radical (unpaired) electrons. The first-order chi connectivity index (χ1) is 9.06. The molecule has 2 aromatic rings. The molecule has 0 aromatic heterocycles. The van der Waals surface area contributed by atoms with Crippen LogP contribution in [0, 0.1) is 13.8 Å². The molecule has 96 valence electrons. The third-order valence-corrected chi connectivity index (χ3v) is 3.50. The average Bonchev–Trinajstić information content (AvgIpc) is 2.68. The third-order valence-electron chi connectivity index (χ3n) is 3.50. The van der Waals surface area contributed by atoms with Crippen LogP contribution < -0.4 is 4.74 Å². The minimum Gasteiger partial charge on any atom is -0.508 e. The van der Waals surface area contributed by atoms with Gasteiger partial charge in [0.25, 0.3) is 0 Å². The van der Waals surface area contributed by atoms with Gasteiger partial charge in [-0.3, -0.25) is 4.79 Å². The summed E-state index contributed by atoms with van der Waals surface area (Å²) < 4.78 is 5.27. The van der Waals surface area contributed by atoms with Crippen LogP contribution in [0.4, 0.5) is 0 Å². The maximum atomic E-state index is 12.1. The van der Waals surface area contributed by atoms with Crippen molar-refractivity contribution < 1.29 is 14.6 Å². The SMILES string of the molecule is Cc1ccc(C)c(C2C(=O)Oc3ccc(O)cc32)c1. The van der Waals surface area contributed by atoms with Crippen molar-refractivity contribution in [3.63, 3.8) is 0 Å². The molecule has 0 saturated heterocycles. The second-order valence-corrected chi connectivity index (χ2v) is 4.94. The van der Waals surface area contributed by atoms with E-state index in [1.54, 1.807) is 12.1 Å². The average molecular weight is 254 g/mol. The van der Waals surface area contributed by atoms with Crippen molar-refractivity contribution in [1.82, 2.24) is 0 Å². The number of esters is 1. The van der Waals surface area contributed by atoms with Crippen molar-refractivity contribution >= 4 is 5.97 Å². The van der Waals surface area contributed by atoms with Crippen molar-refractivity contribution in [2.75, 3.05) is 0 Å². The first kappa shape index (κ1) is 11.8. The molecular formula is C16H14O3. The number of carbonyl (C=O) groups is 1. The summed E-state index contributed by atoms with van der Waals surface area (Å²) in [5.74, 6) is -0.0441. The van der Waals surface area contributed by atoms with Gasteiger partial charge in [-0.2, -0.15) is 0 Å². The first-order valence-corrected chi connectivity index (χ1v) is 6.18. The molecule has 1 N–H and O–H groups in total. The summed E-state index contributed by atoms with van der Waals surface area (Å²) in [5.41, 5.74) is 3.82. The predicted molar refractivity (Wildman–Crippen MR) is 71.5 cm³/mol. The van der Waals surface area contributed by atoms with E-state index < -0.39 is 5.92 Å². The molecule has 0 aliphatic carbocycles. The Labute approximate surface area is 111 Å². The van der Waals surface area contributed by atoms with Gasteiger partial charge in [-0.25, -0.2) is 0 Å². The van der Waals surface area contributed by atoms with Crippen LogP contribution in [0.1, 0.15) is 28.2 Å². The number of rotatable bonds is 1. The van der Waals surface area contributed by atoms with Crippen molar-refractivity contribution in [3.05, 3.63) is 58.7 Å². The molecule has 1 heterocycles. The number of phenols is 1. The first-order valence-electron chi connectivity index (χ1n) is 6.18. The van der Waals surface area contributed by atoms with Gasteiger partial charge in [-0.15, -0.1) is 0 Å². The Morgan fingerprint density at radius 2 is 1.84 bits per heavy atom. The lowest BCUT2D eigenvalue weighted by Crippen LogP contribution is -2.12.